The number of carbonyl (C=O) groups excluding carboxylic acids is 1. The van der Waals surface area contributed by atoms with E-state index in [9.17, 15) is 4.79 Å². The van der Waals surface area contributed by atoms with Gasteiger partial charge in [-0.05, 0) is 19.4 Å². The van der Waals surface area contributed by atoms with Gasteiger partial charge < -0.3 is 4.90 Å². The Kier molecular flexibility index (Phi) is 4.07. The Bertz CT molecular complexity index is 392. The van der Waals surface area contributed by atoms with E-state index >= 15 is 0 Å². The van der Waals surface area contributed by atoms with Gasteiger partial charge >= 0.3 is 0 Å². The van der Waals surface area contributed by atoms with Crippen LogP contribution in [0.5, 0.6) is 0 Å². The first kappa shape index (κ1) is 12.3. The molecule has 0 N–H and O–H groups in total. The minimum Gasteiger partial charge on any atom is -0.342 e. The number of rotatable bonds is 3. The van der Waals surface area contributed by atoms with Crippen molar-refractivity contribution in [3.05, 3.63) is 35.9 Å². The Balaban J connectivity index is 2.93. The lowest BCUT2D eigenvalue weighted by Crippen LogP contribution is -2.36. The zero-order chi connectivity index (χ0) is 12.1. The molecule has 1 rings (SSSR count). The van der Waals surface area contributed by atoms with E-state index in [1.807, 2.05) is 32.0 Å². The summed E-state index contributed by atoms with van der Waals surface area (Å²) in [4.78, 5) is 13.6. The van der Waals surface area contributed by atoms with E-state index < -0.39 is 5.92 Å². The zero-order valence-electron chi connectivity index (χ0n) is 9.84. The van der Waals surface area contributed by atoms with Gasteiger partial charge in [0.2, 0.25) is 5.91 Å². The third kappa shape index (κ3) is 2.60. The fourth-order valence-corrected chi connectivity index (χ4v) is 1.38. The van der Waals surface area contributed by atoms with Crippen LogP contribution in [0.1, 0.15) is 25.3 Å². The average molecular weight is 216 g/mol. The summed E-state index contributed by atoms with van der Waals surface area (Å²) in [5.74, 6) is -0.850. The van der Waals surface area contributed by atoms with Crippen molar-refractivity contribution in [3.8, 4) is 6.07 Å². The van der Waals surface area contributed by atoms with Gasteiger partial charge in [-0.3, -0.25) is 4.79 Å². The van der Waals surface area contributed by atoms with E-state index in [0.717, 1.165) is 5.56 Å². The SMILES string of the molecule is CC(C)N(C)C(=O)C(C#N)c1ccccc1. The summed E-state index contributed by atoms with van der Waals surface area (Å²) >= 11 is 0. The second-order valence-electron chi connectivity index (χ2n) is 4.02. The monoisotopic (exact) mass is 216 g/mol. The van der Waals surface area contributed by atoms with Crippen molar-refractivity contribution in [3.63, 3.8) is 0 Å². The van der Waals surface area contributed by atoms with Gasteiger partial charge in [0, 0.05) is 13.1 Å². The van der Waals surface area contributed by atoms with E-state index in [-0.39, 0.29) is 11.9 Å². The first-order valence-corrected chi connectivity index (χ1v) is 5.29. The van der Waals surface area contributed by atoms with Crippen molar-refractivity contribution in [2.75, 3.05) is 7.05 Å². The van der Waals surface area contributed by atoms with Crippen molar-refractivity contribution >= 4 is 5.91 Å². The molecule has 0 saturated carbocycles. The van der Waals surface area contributed by atoms with Gasteiger partial charge in [-0.1, -0.05) is 30.3 Å². The molecule has 3 nitrogen and oxygen atoms in total. The lowest BCUT2D eigenvalue weighted by atomic mass is 9.99. The minimum absolute atomic E-state index is 0.104. The highest BCUT2D eigenvalue weighted by Crippen LogP contribution is 2.17. The van der Waals surface area contributed by atoms with E-state index in [1.54, 1.807) is 24.1 Å². The largest absolute Gasteiger partial charge is 0.342 e. The number of benzene rings is 1. The second kappa shape index (κ2) is 5.32. The predicted molar refractivity (Wildman–Crippen MR) is 62.7 cm³/mol. The van der Waals surface area contributed by atoms with Crippen molar-refractivity contribution in [2.45, 2.75) is 25.8 Å². The molecule has 1 atom stereocenters. The van der Waals surface area contributed by atoms with Crippen LogP contribution < -0.4 is 0 Å². The summed E-state index contributed by atoms with van der Waals surface area (Å²) in [7, 11) is 1.72. The number of hydrogen-bond acceptors (Lipinski definition) is 2. The maximum absolute atomic E-state index is 12.0. The molecular formula is C13H16N2O. The van der Waals surface area contributed by atoms with E-state index in [1.165, 1.54) is 0 Å². The Hall–Kier alpha value is -1.82. The summed E-state index contributed by atoms with van der Waals surface area (Å²) in [6.07, 6.45) is 0. The van der Waals surface area contributed by atoms with Crippen LogP contribution in [0.25, 0.3) is 0 Å². The molecule has 0 fully saturated rings. The fourth-order valence-electron chi connectivity index (χ4n) is 1.38. The molecule has 1 amide bonds. The molecule has 1 aromatic carbocycles. The number of likely N-dealkylation sites (N-methyl/N-ethyl adjacent to an activating group) is 1. The first-order valence-electron chi connectivity index (χ1n) is 5.29. The molecule has 0 aliphatic rings. The third-order valence-electron chi connectivity index (χ3n) is 2.63. The fraction of sp³-hybridized carbons (Fsp3) is 0.385. The third-order valence-corrected chi connectivity index (χ3v) is 2.63. The Morgan fingerprint density at radius 2 is 1.88 bits per heavy atom. The number of amides is 1. The van der Waals surface area contributed by atoms with Crippen LogP contribution in [0.2, 0.25) is 0 Å². The molecule has 0 spiro atoms. The Morgan fingerprint density at radius 3 is 2.31 bits per heavy atom. The van der Waals surface area contributed by atoms with Crippen molar-refractivity contribution in [1.82, 2.24) is 4.90 Å². The summed E-state index contributed by atoms with van der Waals surface area (Å²) < 4.78 is 0. The van der Waals surface area contributed by atoms with Crippen molar-refractivity contribution in [1.29, 1.82) is 5.26 Å². The van der Waals surface area contributed by atoms with Crippen LogP contribution >= 0.6 is 0 Å². The van der Waals surface area contributed by atoms with E-state index in [4.69, 9.17) is 5.26 Å². The van der Waals surface area contributed by atoms with Crippen LogP contribution in [-0.2, 0) is 4.79 Å². The second-order valence-corrected chi connectivity index (χ2v) is 4.02. The normalized spacial score (nSPS) is 11.9. The molecular weight excluding hydrogens is 200 g/mol. The van der Waals surface area contributed by atoms with Gasteiger partial charge in [-0.2, -0.15) is 5.26 Å². The van der Waals surface area contributed by atoms with Crippen LogP contribution in [0.15, 0.2) is 30.3 Å². The van der Waals surface area contributed by atoms with Gasteiger partial charge in [-0.15, -0.1) is 0 Å². The van der Waals surface area contributed by atoms with Crippen LogP contribution in [-0.4, -0.2) is 23.9 Å². The molecule has 84 valence electrons. The highest BCUT2D eigenvalue weighted by Gasteiger charge is 2.24. The molecule has 1 unspecified atom stereocenters. The smallest absolute Gasteiger partial charge is 0.244 e. The number of carbonyl (C=O) groups is 1. The summed E-state index contributed by atoms with van der Waals surface area (Å²) in [6, 6.07) is 11.3. The minimum atomic E-state index is -0.700. The van der Waals surface area contributed by atoms with Crippen LogP contribution in [0.3, 0.4) is 0 Å². The topological polar surface area (TPSA) is 44.1 Å². The maximum atomic E-state index is 12.0. The maximum Gasteiger partial charge on any atom is 0.244 e. The van der Waals surface area contributed by atoms with E-state index in [2.05, 4.69) is 6.07 Å². The highest BCUT2D eigenvalue weighted by atomic mass is 16.2. The molecule has 0 saturated heterocycles. The number of nitriles is 1. The van der Waals surface area contributed by atoms with Gasteiger partial charge in [0.1, 0.15) is 5.92 Å². The average Bonchev–Trinajstić information content (AvgIpc) is 2.30. The van der Waals surface area contributed by atoms with Gasteiger partial charge in [0.15, 0.2) is 0 Å². The Morgan fingerprint density at radius 1 is 1.31 bits per heavy atom. The number of hydrogen-bond donors (Lipinski definition) is 0. The predicted octanol–water partition coefficient (Wildman–Crippen LogP) is 2.16. The Labute approximate surface area is 96.3 Å². The standard InChI is InChI=1S/C13H16N2O/c1-10(2)15(3)13(16)12(9-14)11-7-5-4-6-8-11/h4-8,10,12H,1-3H3. The molecule has 16 heavy (non-hydrogen) atoms. The molecule has 0 aliphatic carbocycles. The molecule has 0 bridgehead atoms. The lowest BCUT2D eigenvalue weighted by Gasteiger charge is -2.23. The summed E-state index contributed by atoms with van der Waals surface area (Å²) in [5, 5.41) is 9.08. The number of nitrogens with zero attached hydrogens (tertiary/aromatic N) is 2. The summed E-state index contributed by atoms with van der Waals surface area (Å²) in [5.41, 5.74) is 0.752. The first-order chi connectivity index (χ1) is 7.57. The molecule has 0 aliphatic heterocycles. The van der Waals surface area contributed by atoms with E-state index in [0.29, 0.717) is 0 Å². The lowest BCUT2D eigenvalue weighted by molar-refractivity contribution is -0.131. The molecule has 0 heterocycles. The van der Waals surface area contributed by atoms with Gasteiger partial charge in [-0.25, -0.2) is 0 Å². The van der Waals surface area contributed by atoms with Crippen LogP contribution in [0.4, 0.5) is 0 Å². The zero-order valence-corrected chi connectivity index (χ0v) is 9.84. The van der Waals surface area contributed by atoms with Gasteiger partial charge in [0.05, 0.1) is 6.07 Å². The molecule has 0 aromatic heterocycles. The van der Waals surface area contributed by atoms with Crippen molar-refractivity contribution in [2.24, 2.45) is 0 Å². The van der Waals surface area contributed by atoms with Crippen LogP contribution in [0, 0.1) is 11.3 Å². The van der Waals surface area contributed by atoms with Crippen molar-refractivity contribution < 1.29 is 4.79 Å². The quantitative estimate of drug-likeness (QED) is 0.777. The highest BCUT2D eigenvalue weighted by molar-refractivity contribution is 5.86. The molecule has 0 radical (unpaired) electrons. The summed E-state index contributed by atoms with van der Waals surface area (Å²) in [6.45, 7) is 3.86. The van der Waals surface area contributed by atoms with Gasteiger partial charge in [0.25, 0.3) is 0 Å². The molecule has 1 aromatic rings. The molecule has 3 heteroatoms.